The molecule has 22 heteroatoms. The van der Waals surface area contributed by atoms with Crippen LogP contribution in [0.1, 0.15) is 63.7 Å². The molecule has 0 spiro atoms. The van der Waals surface area contributed by atoms with Crippen molar-refractivity contribution in [2.45, 2.75) is 77.4 Å². The molecule has 0 bridgehead atoms. The van der Waals surface area contributed by atoms with Crippen LogP contribution in [0.15, 0.2) is 42.0 Å². The molecule has 0 saturated carbocycles. The van der Waals surface area contributed by atoms with Gasteiger partial charge in [-0.15, -0.1) is 0 Å². The lowest BCUT2D eigenvalue weighted by Gasteiger charge is -2.35. The van der Waals surface area contributed by atoms with Gasteiger partial charge in [0.15, 0.2) is 17.8 Å². The normalized spacial score (nSPS) is 15.4. The second kappa shape index (κ2) is 19.0. The number of amides is 1. The Labute approximate surface area is 300 Å². The van der Waals surface area contributed by atoms with Crippen molar-refractivity contribution in [2.24, 2.45) is 5.73 Å². The van der Waals surface area contributed by atoms with Crippen LogP contribution in [0.4, 0.5) is 0 Å². The van der Waals surface area contributed by atoms with Gasteiger partial charge in [-0.1, -0.05) is 29.9 Å². The average Bonchev–Trinajstić information content (AvgIpc) is 2.95. The summed E-state index contributed by atoms with van der Waals surface area (Å²) in [5.41, 5.74) is 6.87. The number of hydrogen-bond acceptors (Lipinski definition) is 12. The maximum absolute atomic E-state index is 13.7. The summed E-state index contributed by atoms with van der Waals surface area (Å²) in [6.45, 7) is 8.31. The second-order valence-electron chi connectivity index (χ2n) is 12.9. The Balaban J connectivity index is 3.25. The van der Waals surface area contributed by atoms with E-state index in [2.05, 4.69) is 20.3 Å². The quantitative estimate of drug-likeness (QED) is 0.0286. The van der Waals surface area contributed by atoms with E-state index in [0.717, 1.165) is 23.8 Å². The van der Waals surface area contributed by atoms with E-state index in [4.69, 9.17) is 24.4 Å². The Hall–Kier alpha value is -3.19. The largest absolute Gasteiger partial charge is 0.446 e. The molecule has 0 aliphatic carbocycles. The number of hydrogen-bond donors (Lipinski definition) is 7. The van der Waals surface area contributed by atoms with Gasteiger partial charge in [0, 0.05) is 25.1 Å². The average molecular weight is 789 g/mol. The number of quaternary nitrogens is 1. The highest BCUT2D eigenvalue weighted by molar-refractivity contribution is 7.81. The van der Waals surface area contributed by atoms with Crippen LogP contribution < -0.4 is 15.2 Å². The van der Waals surface area contributed by atoms with E-state index in [-0.39, 0.29) is 22.4 Å². The van der Waals surface area contributed by atoms with Crippen LogP contribution in [0.3, 0.4) is 0 Å². The number of allylic oxidation sites excluding steroid dienone is 1. The monoisotopic (exact) mass is 788 g/mol. The zero-order chi connectivity index (χ0) is 39.5. The first kappa shape index (κ1) is 45.8. The van der Waals surface area contributed by atoms with E-state index in [1.807, 2.05) is 13.0 Å². The number of nitrogens with zero attached hydrogens (tertiary/aromatic N) is 2. The van der Waals surface area contributed by atoms with Crippen molar-refractivity contribution in [3.63, 3.8) is 0 Å². The second-order valence-corrected chi connectivity index (χ2v) is 16.0. The van der Waals surface area contributed by atoms with Crippen molar-refractivity contribution in [2.75, 3.05) is 34.2 Å². The van der Waals surface area contributed by atoms with Crippen molar-refractivity contribution in [3.05, 3.63) is 53.1 Å². The minimum absolute atomic E-state index is 0.116. The Morgan fingerprint density at radius 3 is 2.16 bits per heavy atom. The molecular weight excluding hydrogens is 739 g/mol. The van der Waals surface area contributed by atoms with Gasteiger partial charge in [-0.2, -0.15) is 25.3 Å². The Morgan fingerprint density at radius 1 is 1.06 bits per heavy atom. The lowest BCUT2D eigenvalue weighted by molar-refractivity contribution is -0.886. The summed E-state index contributed by atoms with van der Waals surface area (Å²) in [4.78, 5) is 15.3. The van der Waals surface area contributed by atoms with Crippen molar-refractivity contribution < 1.29 is 65.8 Å². The number of nitrogens with two attached hydrogens (primary N) is 1. The molecule has 1 aromatic rings. The fourth-order valence-corrected chi connectivity index (χ4v) is 6.02. The van der Waals surface area contributed by atoms with E-state index in [0.29, 0.717) is 37.9 Å². The van der Waals surface area contributed by atoms with E-state index in [9.17, 15) is 39.7 Å². The summed E-state index contributed by atoms with van der Waals surface area (Å²) in [6, 6.07) is 0.942. The summed E-state index contributed by atoms with van der Waals surface area (Å²) in [7, 11) is -10.1. The number of likely N-dealkylation sites (N-methyl/N-ethyl adjacent to an activating group) is 1. The first-order valence-electron chi connectivity index (χ1n) is 15.4. The molecule has 292 valence electrons. The molecule has 0 aromatic heterocycles. The fraction of sp³-hybridized carbons (Fsp3) is 0.586. The van der Waals surface area contributed by atoms with E-state index >= 15 is 0 Å². The zero-order valence-electron chi connectivity index (χ0n) is 29.3. The van der Waals surface area contributed by atoms with Crippen molar-refractivity contribution in [3.8, 4) is 5.75 Å². The third-order valence-corrected chi connectivity index (χ3v) is 8.80. The van der Waals surface area contributed by atoms with Gasteiger partial charge < -0.3 is 29.7 Å². The molecular formula is C29H50N5O14S3+. The predicted octanol–water partition coefficient (Wildman–Crippen LogP) is 1.27. The van der Waals surface area contributed by atoms with Gasteiger partial charge in [0.25, 0.3) is 5.91 Å². The predicted molar refractivity (Wildman–Crippen MR) is 186 cm³/mol. The number of aliphatic hydroxyl groups excluding tert-OH is 1. The molecule has 0 fully saturated rings. The van der Waals surface area contributed by atoms with Gasteiger partial charge in [-0.3, -0.25) is 23.9 Å². The fourth-order valence-electron chi connectivity index (χ4n) is 4.81. The maximum Gasteiger partial charge on any atom is 0.446 e. The summed E-state index contributed by atoms with van der Waals surface area (Å²) < 4.78 is 110. The number of aliphatic hydroxyl groups is 1. The molecule has 1 amide bonds. The molecule has 51 heavy (non-hydrogen) atoms. The Kier molecular flexibility index (Phi) is 17.1. The molecule has 1 rings (SSSR count). The van der Waals surface area contributed by atoms with Crippen LogP contribution in [0.2, 0.25) is 0 Å². The third kappa shape index (κ3) is 18.2. The molecule has 8 N–H and O–H groups in total. The summed E-state index contributed by atoms with van der Waals surface area (Å²) in [5.74, 6) is -1.40. The van der Waals surface area contributed by atoms with E-state index in [1.54, 1.807) is 33.0 Å². The van der Waals surface area contributed by atoms with Gasteiger partial charge in [0.1, 0.15) is 6.10 Å². The highest BCUT2D eigenvalue weighted by Crippen LogP contribution is 2.30. The standard InChI is InChI=1S/C29H49N5O14S3/c1-19(2)25(35)12-10-20(3)14-16-33(29(30)31)15-8-9-24(34(5,6)7)28(36)32-21(4)27(48-51(43,44)45)22-11-13-26(47-50(40,41)42)23(17-22)18-46-49(37,38)39/h11,13-14,17,21,24-25,27,35H,1,8-10,12,15-16,18H2,2-7H3,(H6-,30,31,32,36,37,38,39,40,41,42,43,44,45)/p+1/b20-14-. The van der Waals surface area contributed by atoms with Crippen molar-refractivity contribution >= 4 is 43.1 Å². The number of rotatable bonds is 22. The molecule has 0 aliphatic rings. The maximum atomic E-state index is 13.7. The van der Waals surface area contributed by atoms with Gasteiger partial charge in [0.05, 0.1) is 39.9 Å². The van der Waals surface area contributed by atoms with E-state index < -0.39 is 79.3 Å². The van der Waals surface area contributed by atoms with Crippen LogP contribution in [0.5, 0.6) is 5.75 Å². The molecule has 19 nitrogen and oxygen atoms in total. The SMILES string of the molecule is C=C(C)C(O)CC/C(C)=C\CN(CCCC(C(=O)NC(C)C(OS(=O)(=O)O)c1ccc(OS(=O)(=O)O)c(COS(=O)(=O)O)c1)[N+](C)(C)C)C(=N)N. The zero-order valence-corrected chi connectivity index (χ0v) is 31.8. The topological polar surface area (TPSA) is 293 Å². The molecule has 4 atom stereocenters. The third-order valence-electron chi connectivity index (χ3n) is 7.55. The van der Waals surface area contributed by atoms with Crippen LogP contribution in [-0.4, -0.2) is 118 Å². The molecule has 0 aliphatic heterocycles. The highest BCUT2D eigenvalue weighted by Gasteiger charge is 2.35. The smallest absolute Gasteiger partial charge is 0.389 e. The van der Waals surface area contributed by atoms with Gasteiger partial charge in [-0.05, 0) is 57.7 Å². The Morgan fingerprint density at radius 2 is 1.67 bits per heavy atom. The molecule has 1 aromatic carbocycles. The lowest BCUT2D eigenvalue weighted by atomic mass is 9.99. The molecule has 0 saturated heterocycles. The lowest BCUT2D eigenvalue weighted by Crippen LogP contribution is -2.56. The van der Waals surface area contributed by atoms with Crippen molar-refractivity contribution in [1.29, 1.82) is 5.41 Å². The Bertz CT molecular complexity index is 1740. The van der Waals surface area contributed by atoms with Crippen LogP contribution in [0, 0.1) is 5.41 Å². The summed E-state index contributed by atoms with van der Waals surface area (Å²) in [5, 5.41) is 20.6. The number of benzene rings is 1. The molecule has 4 unspecified atom stereocenters. The summed E-state index contributed by atoms with van der Waals surface area (Å²) >= 11 is 0. The van der Waals surface area contributed by atoms with Gasteiger partial charge in [-0.25, -0.2) is 8.37 Å². The first-order valence-corrected chi connectivity index (χ1v) is 19.5. The molecule has 0 radical (unpaired) electrons. The minimum Gasteiger partial charge on any atom is -0.389 e. The first-order chi connectivity index (χ1) is 23.1. The van der Waals surface area contributed by atoms with Gasteiger partial charge >= 0.3 is 31.2 Å². The van der Waals surface area contributed by atoms with Gasteiger partial charge in [0.2, 0.25) is 0 Å². The van der Waals surface area contributed by atoms with Crippen molar-refractivity contribution in [1.82, 2.24) is 10.2 Å². The number of nitrogens with one attached hydrogen (secondary N) is 2. The number of carbonyl (C=O) groups is 1. The van der Waals surface area contributed by atoms with Crippen LogP contribution >= 0.6 is 0 Å². The highest BCUT2D eigenvalue weighted by atomic mass is 32.3. The van der Waals surface area contributed by atoms with E-state index in [1.165, 1.54) is 6.92 Å². The van der Waals surface area contributed by atoms with Crippen LogP contribution in [0.25, 0.3) is 0 Å². The molecule has 0 heterocycles. The number of carbonyl (C=O) groups excluding carboxylic acids is 1. The minimum atomic E-state index is -5.19. The van der Waals surface area contributed by atoms with Crippen LogP contribution in [-0.2, 0) is 51.0 Å². The summed E-state index contributed by atoms with van der Waals surface area (Å²) in [6.07, 6.45) is 1.39. The number of guanidine groups is 1.